The van der Waals surface area contributed by atoms with Crippen molar-refractivity contribution in [3.63, 3.8) is 0 Å². The normalized spacial score (nSPS) is 11.1. The van der Waals surface area contributed by atoms with Crippen LogP contribution in [0.2, 0.25) is 0 Å². The third-order valence-electron chi connectivity index (χ3n) is 2.28. The van der Waals surface area contributed by atoms with Crippen LogP contribution in [0.1, 0.15) is 26.3 Å². The molecule has 1 amide bonds. The van der Waals surface area contributed by atoms with Crippen LogP contribution in [0.25, 0.3) is 0 Å². The maximum absolute atomic E-state index is 11.5. The molecule has 0 aromatic heterocycles. The molecule has 0 radical (unpaired) electrons. The highest BCUT2D eigenvalue weighted by Gasteiger charge is 2.12. The number of amides is 1. The lowest BCUT2D eigenvalue weighted by Crippen LogP contribution is -2.44. The predicted octanol–water partition coefficient (Wildman–Crippen LogP) is 1.60. The topological polar surface area (TPSA) is 84.3 Å². The van der Waals surface area contributed by atoms with Crippen molar-refractivity contribution in [3.05, 3.63) is 39.9 Å². The van der Waals surface area contributed by atoms with Crippen molar-refractivity contribution in [2.24, 2.45) is 0 Å². The molecule has 0 spiro atoms. The molecule has 0 aliphatic carbocycles. The number of rotatable bonds is 5. The van der Waals surface area contributed by atoms with E-state index in [0.29, 0.717) is 6.54 Å². The molecule has 0 aliphatic rings. The molecule has 0 unspecified atom stereocenters. The van der Waals surface area contributed by atoms with Gasteiger partial charge in [0.2, 0.25) is 5.91 Å². The number of nitro benzene ring substituents is 1. The first kappa shape index (κ1) is 15.1. The van der Waals surface area contributed by atoms with Crippen LogP contribution >= 0.6 is 0 Å². The van der Waals surface area contributed by atoms with Crippen LogP contribution in [0.4, 0.5) is 5.69 Å². The van der Waals surface area contributed by atoms with Crippen molar-refractivity contribution < 1.29 is 9.72 Å². The van der Waals surface area contributed by atoms with Gasteiger partial charge >= 0.3 is 0 Å². The van der Waals surface area contributed by atoms with Crippen LogP contribution in [0.5, 0.6) is 0 Å². The van der Waals surface area contributed by atoms with Crippen LogP contribution < -0.4 is 10.6 Å². The van der Waals surface area contributed by atoms with Gasteiger partial charge in [-0.25, -0.2) is 0 Å². The Bertz CT molecular complexity index is 449. The Balaban J connectivity index is 2.37. The molecular formula is C13H19N3O3. The smallest absolute Gasteiger partial charge is 0.269 e. The molecule has 0 aliphatic heterocycles. The van der Waals surface area contributed by atoms with Gasteiger partial charge in [-0.15, -0.1) is 0 Å². The second-order valence-electron chi connectivity index (χ2n) is 5.33. The fraction of sp³-hybridized carbons (Fsp3) is 0.462. The number of non-ortho nitro benzene ring substituents is 1. The summed E-state index contributed by atoms with van der Waals surface area (Å²) < 4.78 is 0. The fourth-order valence-corrected chi connectivity index (χ4v) is 1.52. The van der Waals surface area contributed by atoms with E-state index in [1.165, 1.54) is 12.1 Å². The van der Waals surface area contributed by atoms with Crippen molar-refractivity contribution in [2.75, 3.05) is 6.54 Å². The molecular weight excluding hydrogens is 246 g/mol. The summed E-state index contributed by atoms with van der Waals surface area (Å²) in [5.41, 5.74) is 0.718. The molecule has 0 fully saturated rings. The number of hydrogen-bond donors (Lipinski definition) is 2. The molecule has 104 valence electrons. The van der Waals surface area contributed by atoms with Gasteiger partial charge in [-0.3, -0.25) is 14.9 Å². The Morgan fingerprint density at radius 2 is 1.84 bits per heavy atom. The third kappa shape index (κ3) is 5.96. The highest BCUT2D eigenvalue weighted by molar-refractivity contribution is 5.78. The molecule has 1 aromatic rings. The first-order valence-electron chi connectivity index (χ1n) is 6.03. The Morgan fingerprint density at radius 3 is 2.32 bits per heavy atom. The van der Waals surface area contributed by atoms with E-state index < -0.39 is 4.92 Å². The van der Waals surface area contributed by atoms with Crippen LogP contribution in [0.15, 0.2) is 24.3 Å². The summed E-state index contributed by atoms with van der Waals surface area (Å²) in [6.45, 7) is 6.47. The Morgan fingerprint density at radius 1 is 1.26 bits per heavy atom. The largest absolute Gasteiger partial charge is 0.350 e. The quantitative estimate of drug-likeness (QED) is 0.625. The van der Waals surface area contributed by atoms with Gasteiger partial charge in [0.1, 0.15) is 0 Å². The molecule has 0 saturated carbocycles. The van der Waals surface area contributed by atoms with Crippen molar-refractivity contribution in [1.82, 2.24) is 10.6 Å². The van der Waals surface area contributed by atoms with Crippen molar-refractivity contribution in [3.8, 4) is 0 Å². The van der Waals surface area contributed by atoms with Gasteiger partial charge < -0.3 is 10.6 Å². The van der Waals surface area contributed by atoms with Gasteiger partial charge in [-0.1, -0.05) is 12.1 Å². The maximum Gasteiger partial charge on any atom is 0.269 e. The number of hydrogen-bond acceptors (Lipinski definition) is 4. The molecule has 6 nitrogen and oxygen atoms in total. The van der Waals surface area contributed by atoms with Crippen LogP contribution in [0, 0.1) is 10.1 Å². The predicted molar refractivity (Wildman–Crippen MR) is 72.7 cm³/mol. The lowest BCUT2D eigenvalue weighted by Gasteiger charge is -2.20. The second-order valence-corrected chi connectivity index (χ2v) is 5.33. The zero-order valence-electron chi connectivity index (χ0n) is 11.4. The molecule has 1 rings (SSSR count). The average molecular weight is 265 g/mol. The molecule has 1 aromatic carbocycles. The van der Waals surface area contributed by atoms with E-state index in [4.69, 9.17) is 0 Å². The van der Waals surface area contributed by atoms with Crippen molar-refractivity contribution in [1.29, 1.82) is 0 Å². The zero-order valence-corrected chi connectivity index (χ0v) is 11.4. The highest BCUT2D eigenvalue weighted by Crippen LogP contribution is 2.11. The van der Waals surface area contributed by atoms with Gasteiger partial charge in [-0.2, -0.15) is 0 Å². The van der Waals surface area contributed by atoms with Gasteiger partial charge in [0.05, 0.1) is 11.5 Å². The number of nitrogens with one attached hydrogen (secondary N) is 2. The van der Waals surface area contributed by atoms with Gasteiger partial charge in [0, 0.05) is 24.2 Å². The van der Waals surface area contributed by atoms with Crippen molar-refractivity contribution >= 4 is 11.6 Å². The van der Waals surface area contributed by atoms with Crippen molar-refractivity contribution in [2.45, 2.75) is 32.9 Å². The molecule has 0 atom stereocenters. The van der Waals surface area contributed by atoms with E-state index in [1.807, 2.05) is 20.8 Å². The molecule has 0 bridgehead atoms. The fourth-order valence-electron chi connectivity index (χ4n) is 1.52. The SMILES string of the molecule is CC(C)(C)NC(=O)CNCc1ccc([N+](=O)[O-])cc1. The summed E-state index contributed by atoms with van der Waals surface area (Å²) in [6, 6.07) is 6.25. The molecule has 0 saturated heterocycles. The van der Waals surface area contributed by atoms with E-state index in [-0.39, 0.29) is 23.7 Å². The summed E-state index contributed by atoms with van der Waals surface area (Å²) >= 11 is 0. The molecule has 0 heterocycles. The molecule has 6 heteroatoms. The number of benzene rings is 1. The summed E-state index contributed by atoms with van der Waals surface area (Å²) in [4.78, 5) is 21.6. The Hall–Kier alpha value is -1.95. The minimum Gasteiger partial charge on any atom is -0.350 e. The van der Waals surface area contributed by atoms with Crippen LogP contribution in [-0.2, 0) is 11.3 Å². The standard InChI is InChI=1S/C13H19N3O3/c1-13(2,3)15-12(17)9-14-8-10-4-6-11(7-5-10)16(18)19/h4-7,14H,8-9H2,1-3H3,(H,15,17). The number of nitro groups is 1. The van der Waals surface area contributed by atoms with E-state index in [2.05, 4.69) is 10.6 Å². The zero-order chi connectivity index (χ0) is 14.5. The number of carbonyl (C=O) groups is 1. The first-order chi connectivity index (χ1) is 8.78. The Labute approximate surface area is 112 Å². The second kappa shape index (κ2) is 6.29. The van der Waals surface area contributed by atoms with E-state index in [1.54, 1.807) is 12.1 Å². The monoisotopic (exact) mass is 265 g/mol. The van der Waals surface area contributed by atoms with Crippen LogP contribution in [0.3, 0.4) is 0 Å². The van der Waals surface area contributed by atoms with E-state index in [0.717, 1.165) is 5.56 Å². The maximum atomic E-state index is 11.5. The lowest BCUT2D eigenvalue weighted by molar-refractivity contribution is -0.384. The van der Waals surface area contributed by atoms with E-state index >= 15 is 0 Å². The molecule has 19 heavy (non-hydrogen) atoms. The first-order valence-corrected chi connectivity index (χ1v) is 6.03. The number of nitrogens with zero attached hydrogens (tertiary/aromatic N) is 1. The van der Waals surface area contributed by atoms with Gasteiger partial charge in [0.25, 0.3) is 5.69 Å². The van der Waals surface area contributed by atoms with Gasteiger partial charge in [0.15, 0.2) is 0 Å². The number of carbonyl (C=O) groups excluding carboxylic acids is 1. The molecule has 2 N–H and O–H groups in total. The van der Waals surface area contributed by atoms with E-state index in [9.17, 15) is 14.9 Å². The van der Waals surface area contributed by atoms with Crippen LogP contribution in [-0.4, -0.2) is 22.9 Å². The third-order valence-corrected chi connectivity index (χ3v) is 2.28. The minimum absolute atomic E-state index is 0.0641. The minimum atomic E-state index is -0.437. The lowest BCUT2D eigenvalue weighted by atomic mass is 10.1. The average Bonchev–Trinajstić information content (AvgIpc) is 2.27. The Kier molecular flexibility index (Phi) is 5.00. The summed E-state index contributed by atoms with van der Waals surface area (Å²) in [6.07, 6.45) is 0. The summed E-state index contributed by atoms with van der Waals surface area (Å²) in [5, 5.41) is 16.3. The summed E-state index contributed by atoms with van der Waals surface area (Å²) in [5.74, 6) is -0.0746. The highest BCUT2D eigenvalue weighted by atomic mass is 16.6. The van der Waals surface area contributed by atoms with Gasteiger partial charge in [-0.05, 0) is 26.3 Å². The summed E-state index contributed by atoms with van der Waals surface area (Å²) in [7, 11) is 0.